The summed E-state index contributed by atoms with van der Waals surface area (Å²) in [7, 11) is 0. The number of rotatable bonds is 6. The zero-order valence-electron chi connectivity index (χ0n) is 72.4. The number of halogens is 6. The molecule has 11 aliphatic heterocycles. The molecule has 642 valence electrons. The first kappa shape index (κ1) is 86.6. The average molecular weight is 1720 g/mol. The van der Waals surface area contributed by atoms with Crippen LogP contribution < -0.4 is 9.97 Å². The van der Waals surface area contributed by atoms with Crippen LogP contribution in [0.2, 0.25) is 0 Å². The Morgan fingerprint density at radius 1 is 0.479 bits per heavy atom. The summed E-state index contributed by atoms with van der Waals surface area (Å²) >= 11 is 0. The quantitative estimate of drug-likeness (QED) is 0.0669. The summed E-state index contributed by atoms with van der Waals surface area (Å²) in [6, 6.07) is 19.0. The van der Waals surface area contributed by atoms with Crippen LogP contribution in [0.3, 0.4) is 0 Å². The number of fused-ring (bicyclic) bond motifs is 1. The van der Waals surface area contributed by atoms with Crippen molar-refractivity contribution in [1.29, 1.82) is 0 Å². The third-order valence-corrected chi connectivity index (χ3v) is 33.6. The van der Waals surface area contributed by atoms with E-state index in [4.69, 9.17) is 48.4 Å². The molecule has 22 atom stereocenters. The Kier molecular flexibility index (Phi) is 22.8. The predicted molar refractivity (Wildman–Crippen MR) is 442 cm³/mol. The minimum atomic E-state index is -5.32. The fourth-order valence-corrected chi connectivity index (χ4v) is 27.6. The number of hydrogen-bond acceptors (Lipinski definition) is 14. The van der Waals surface area contributed by atoms with Crippen LogP contribution in [-0.2, 0) is 79.9 Å². The van der Waals surface area contributed by atoms with Crippen molar-refractivity contribution in [2.45, 2.75) is 287 Å². The first-order chi connectivity index (χ1) is 56.9. The van der Waals surface area contributed by atoms with Gasteiger partial charge in [0, 0.05) is 35.5 Å². The van der Waals surface area contributed by atoms with Crippen molar-refractivity contribution in [3.05, 3.63) is 117 Å². The molecule has 0 amide bonds. The SMILES string of the molecule is CCC1=C(C)c2nc1cc1[n-]c(c(C)c1CC)c1c3nc(cc4[n-]c(c(C)c4CC)c2-c2cccc(c2)C(=O)O[C@H]2CC[C@]4(C)[C@H](C2)C[C@@H]2OC(=O)CC[C@H](C)[C@H]5CC[C@@H]6[C@@H]7[C@@H](C[C@@H](OC(=O)C(F)(F)F)[C@]65C)[C@@]5(C)CC[C@@H](C[C@H]5C[C@H]7OC(=O)CC[C@H](C)[C@@H]5CC[C@H]6[C@@H]2[C@H]4C[C@@H](OC(=O)C(F)(F)F)[C@]65C)OC(=O)c2cccc-1c2)C(CC)=C3C.[Zn+2]. The topological polar surface area (TPSA) is 212 Å². The van der Waals surface area contributed by atoms with E-state index in [0.717, 1.165) is 78.1 Å². The van der Waals surface area contributed by atoms with Gasteiger partial charge in [0.25, 0.3) is 0 Å². The normalized spacial score (nSPS) is 34.7. The maximum absolute atomic E-state index is 15.4. The molecule has 23 heteroatoms. The second-order valence-electron chi connectivity index (χ2n) is 38.9. The van der Waals surface area contributed by atoms with Crippen LogP contribution in [0.15, 0.2) is 60.7 Å². The predicted octanol–water partition coefficient (Wildman–Crippen LogP) is 21.8. The summed E-state index contributed by atoms with van der Waals surface area (Å²) in [4.78, 5) is 111. The second-order valence-corrected chi connectivity index (χ2v) is 38.9. The number of hydrogen-bond donors (Lipinski definition) is 0. The smallest absolute Gasteiger partial charge is 0.657 e. The van der Waals surface area contributed by atoms with Crippen molar-refractivity contribution < 1.29 is 103 Å². The largest absolute Gasteiger partial charge is 2.00 e. The number of aromatic nitrogens is 4. The summed E-state index contributed by atoms with van der Waals surface area (Å²) in [5.41, 5.74) is 13.4. The molecule has 0 spiro atoms. The number of carbonyl (C=O) groups is 6. The minimum Gasteiger partial charge on any atom is -0.657 e. The molecule has 14 heterocycles. The first-order valence-electron chi connectivity index (χ1n) is 44.6. The van der Waals surface area contributed by atoms with Gasteiger partial charge in [0.05, 0.1) is 33.9 Å². The van der Waals surface area contributed by atoms with Crippen molar-refractivity contribution >= 4 is 80.2 Å². The van der Waals surface area contributed by atoms with E-state index in [9.17, 15) is 35.9 Å². The molecule has 19 aliphatic rings. The average Bonchev–Trinajstić information content (AvgIpc) is 1.69. The molecule has 8 saturated carbocycles. The van der Waals surface area contributed by atoms with Crippen molar-refractivity contribution in [2.75, 3.05) is 0 Å². The molecule has 0 N–H and O–H groups in total. The molecule has 121 heavy (non-hydrogen) atoms. The van der Waals surface area contributed by atoms with Crippen LogP contribution in [0, 0.1) is 107 Å². The molecule has 8 aliphatic carbocycles. The van der Waals surface area contributed by atoms with Crippen LogP contribution in [0.25, 0.3) is 66.6 Å². The standard InChI is InChI=1S/C98H114F6N4O12.Zn/c1-15-61-49(7)85-81-53-21-19-23-55(37-53)89(111)115-59-33-35-93(11)57(39-59)41-75-83-67-29-27-65(95(67,13)77(43-69(83)93)119-91(113)97(99,100)101)48(6)26-32-80(110)118-76-42-58-40-60(34-36-94(58,12)70-44-78(120-92(114)98(102,103)104)96(14)66(28-30-68(96)84(70)76)47(5)25-31-79(109)117-75)116-90(112)56-24-20-22-54(38-56)82(87-50(8)62(16-2)72(106-87)45-71(61)105-85)88-52(10)64(18-4)74(108-88)46-73-63(17-3)51(9)86(81)107-73;/h19-24,37-38,45-48,57-60,65-70,75-78,83-84H,15-18,25-36,39-44H2,1-14H3;/q-2;+2/t47-,48-,57-,58+,59-,60-,65+,66-,67+,68-,69+,70+,75+,76-,77+,78+,83+,84+,93-,94+,95-,96-;/m0./s1. The van der Waals surface area contributed by atoms with Gasteiger partial charge in [-0.05, 0) is 295 Å². The molecule has 32 bridgehead atoms. The van der Waals surface area contributed by atoms with Gasteiger partial charge < -0.3 is 38.4 Å². The van der Waals surface area contributed by atoms with Gasteiger partial charge in [-0.2, -0.15) is 26.3 Å². The Morgan fingerprint density at radius 3 is 1.21 bits per heavy atom. The van der Waals surface area contributed by atoms with Gasteiger partial charge in [0.15, 0.2) is 0 Å². The van der Waals surface area contributed by atoms with Gasteiger partial charge in [-0.3, -0.25) is 9.59 Å². The maximum Gasteiger partial charge on any atom is 2.00 e. The molecule has 3 aromatic heterocycles. The molecule has 9 fully saturated rings. The fourth-order valence-electron chi connectivity index (χ4n) is 27.6. The monoisotopic (exact) mass is 1720 g/mol. The van der Waals surface area contributed by atoms with E-state index < -0.39 is 142 Å². The summed E-state index contributed by atoms with van der Waals surface area (Å²) in [6.07, 6.45) is -7.99. The molecule has 2 aromatic carbocycles. The van der Waals surface area contributed by atoms with Gasteiger partial charge in [-0.25, -0.2) is 29.1 Å². The molecule has 0 unspecified atom stereocenters. The maximum atomic E-state index is 15.4. The molecular weight excluding hydrogens is 1600 g/mol. The molecule has 1 saturated heterocycles. The number of esters is 6. The van der Waals surface area contributed by atoms with E-state index in [-0.39, 0.29) is 105 Å². The summed E-state index contributed by atoms with van der Waals surface area (Å²) in [6.45, 7) is 29.0. The Morgan fingerprint density at radius 2 is 0.851 bits per heavy atom. The molecule has 0 radical (unpaired) electrons. The van der Waals surface area contributed by atoms with Crippen LogP contribution in [0.4, 0.5) is 26.3 Å². The number of alkyl halides is 6. The van der Waals surface area contributed by atoms with E-state index in [0.29, 0.717) is 136 Å². The summed E-state index contributed by atoms with van der Waals surface area (Å²) < 4.78 is 129. The van der Waals surface area contributed by atoms with E-state index >= 15 is 19.2 Å². The summed E-state index contributed by atoms with van der Waals surface area (Å²) in [5.74, 6) is -11.4. The Hall–Kier alpha value is -7.94. The number of carbonyl (C=O) groups excluding carboxylic acids is 6. The molecule has 24 rings (SSSR count). The van der Waals surface area contributed by atoms with Crippen molar-refractivity contribution in [3.8, 4) is 22.3 Å². The number of aryl methyl sites for hydroxylation is 4. The van der Waals surface area contributed by atoms with Crippen LogP contribution in [-0.4, -0.2) is 94.8 Å². The number of allylic oxidation sites excluding steroid dienone is 4. The number of ether oxygens (including phenoxy) is 6. The second kappa shape index (κ2) is 31.9. The number of benzene rings is 2. The van der Waals surface area contributed by atoms with E-state index in [1.165, 1.54) is 0 Å². The first-order valence-corrected chi connectivity index (χ1v) is 44.6. The van der Waals surface area contributed by atoms with Crippen LogP contribution in [0.5, 0.6) is 0 Å². The van der Waals surface area contributed by atoms with E-state index in [2.05, 4.69) is 81.4 Å². The molecule has 5 aromatic rings. The minimum absolute atomic E-state index is 0. The Labute approximate surface area is 717 Å². The van der Waals surface area contributed by atoms with E-state index in [1.807, 2.05) is 64.1 Å². The van der Waals surface area contributed by atoms with E-state index in [1.54, 1.807) is 12.1 Å². The Balaban J connectivity index is 0.0000109. The zero-order valence-corrected chi connectivity index (χ0v) is 75.4. The zero-order chi connectivity index (χ0) is 85.3. The fraction of sp³-hybridized carbons (Fsp3) is 0.612. The number of nitrogens with zero attached hydrogens (tertiary/aromatic N) is 4. The van der Waals surface area contributed by atoms with Gasteiger partial charge >= 0.3 is 67.6 Å². The van der Waals surface area contributed by atoms with Gasteiger partial charge in [0.2, 0.25) is 0 Å². The summed E-state index contributed by atoms with van der Waals surface area (Å²) in [5, 5.41) is 0. The molecular formula is C98H114F6N4O12Zn. The van der Waals surface area contributed by atoms with Gasteiger partial charge in [0.1, 0.15) is 36.6 Å². The molecule has 16 nitrogen and oxygen atoms in total. The third-order valence-electron chi connectivity index (χ3n) is 33.6. The van der Waals surface area contributed by atoms with Crippen molar-refractivity contribution in [3.63, 3.8) is 0 Å². The third kappa shape index (κ3) is 14.3. The van der Waals surface area contributed by atoms with Gasteiger partial charge in [-0.1, -0.05) is 128 Å². The van der Waals surface area contributed by atoms with Crippen molar-refractivity contribution in [1.82, 2.24) is 19.9 Å². The van der Waals surface area contributed by atoms with Crippen molar-refractivity contribution in [2.24, 2.45) is 92.7 Å². The Bertz CT molecular complexity index is 4970. The van der Waals surface area contributed by atoms with Gasteiger partial charge in [-0.15, -0.1) is 22.1 Å². The van der Waals surface area contributed by atoms with Crippen LogP contribution >= 0.6 is 0 Å². The van der Waals surface area contributed by atoms with Crippen LogP contribution in [0.1, 0.15) is 277 Å².